The molecule has 0 amide bonds. The van der Waals surface area contributed by atoms with Gasteiger partial charge >= 0.3 is 0 Å². The minimum Gasteiger partial charge on any atom is -0.418 e. The van der Waals surface area contributed by atoms with E-state index in [4.69, 9.17) is 23.4 Å². The molecule has 1 heterocycles. The summed E-state index contributed by atoms with van der Waals surface area (Å²) in [4.78, 5) is 0. The largest absolute Gasteiger partial charge is 0.418 e. The van der Waals surface area contributed by atoms with Crippen LogP contribution in [0.4, 0.5) is 0 Å². The summed E-state index contributed by atoms with van der Waals surface area (Å²) < 4.78 is 29.4. The van der Waals surface area contributed by atoms with Crippen molar-refractivity contribution in [3.63, 3.8) is 0 Å². The summed E-state index contributed by atoms with van der Waals surface area (Å²) in [6, 6.07) is 0. The van der Waals surface area contributed by atoms with Gasteiger partial charge in [-0.1, -0.05) is 20.8 Å². The standard InChI is InChI=1S/C15H32O5Si/c1-7-13(19-14(8-2)21(5,6)16-4)20-15(9-3)17-11-10-12-18-15/h13-14H,7-12H2,1-6H3. The van der Waals surface area contributed by atoms with Crippen LogP contribution in [0.25, 0.3) is 0 Å². The summed E-state index contributed by atoms with van der Waals surface area (Å²) in [6.45, 7) is 11.8. The van der Waals surface area contributed by atoms with Crippen molar-refractivity contribution in [2.45, 2.75) is 77.5 Å². The third-order valence-electron chi connectivity index (χ3n) is 4.00. The molecule has 0 aromatic carbocycles. The molecule has 6 heteroatoms. The Kier molecular flexibility index (Phi) is 7.81. The molecule has 126 valence electrons. The second-order valence-corrected chi connectivity index (χ2v) is 10.1. The normalized spacial score (nSPS) is 22.0. The monoisotopic (exact) mass is 320 g/mol. The highest BCUT2D eigenvalue weighted by Crippen LogP contribution is 2.28. The van der Waals surface area contributed by atoms with Crippen molar-refractivity contribution in [2.24, 2.45) is 0 Å². The maximum atomic E-state index is 6.19. The molecule has 21 heavy (non-hydrogen) atoms. The lowest BCUT2D eigenvalue weighted by atomic mass is 10.3. The van der Waals surface area contributed by atoms with E-state index in [1.807, 2.05) is 13.8 Å². The first-order valence-electron chi connectivity index (χ1n) is 8.09. The lowest BCUT2D eigenvalue weighted by Crippen LogP contribution is -2.50. The van der Waals surface area contributed by atoms with Gasteiger partial charge in [0.15, 0.2) is 6.29 Å². The summed E-state index contributed by atoms with van der Waals surface area (Å²) in [5.41, 5.74) is 0.0879. The molecular formula is C15H32O5Si. The van der Waals surface area contributed by atoms with E-state index >= 15 is 0 Å². The van der Waals surface area contributed by atoms with Gasteiger partial charge in [0.2, 0.25) is 8.32 Å². The van der Waals surface area contributed by atoms with Crippen LogP contribution in [0.3, 0.4) is 0 Å². The summed E-state index contributed by atoms with van der Waals surface area (Å²) >= 11 is 0. The van der Waals surface area contributed by atoms with E-state index < -0.39 is 14.3 Å². The predicted molar refractivity (Wildman–Crippen MR) is 84.4 cm³/mol. The molecule has 0 bridgehead atoms. The molecule has 0 radical (unpaired) electrons. The van der Waals surface area contributed by atoms with E-state index in [-0.39, 0.29) is 12.0 Å². The van der Waals surface area contributed by atoms with Crippen molar-refractivity contribution in [1.82, 2.24) is 0 Å². The average molecular weight is 321 g/mol. The van der Waals surface area contributed by atoms with Crippen molar-refractivity contribution >= 4 is 8.32 Å². The van der Waals surface area contributed by atoms with Crippen LogP contribution >= 0.6 is 0 Å². The number of rotatable bonds is 9. The van der Waals surface area contributed by atoms with Gasteiger partial charge in [-0.3, -0.25) is 4.74 Å². The van der Waals surface area contributed by atoms with Crippen molar-refractivity contribution < 1.29 is 23.4 Å². The van der Waals surface area contributed by atoms with E-state index in [9.17, 15) is 0 Å². The van der Waals surface area contributed by atoms with Gasteiger partial charge in [0, 0.05) is 13.5 Å². The Morgan fingerprint density at radius 2 is 1.71 bits per heavy atom. The molecule has 2 unspecified atom stereocenters. The highest BCUT2D eigenvalue weighted by molar-refractivity contribution is 6.72. The molecule has 1 fully saturated rings. The molecule has 1 aliphatic heterocycles. The quantitative estimate of drug-likeness (QED) is 0.481. The zero-order chi connectivity index (χ0) is 15.9. The molecule has 0 saturated carbocycles. The Labute approximate surface area is 130 Å². The van der Waals surface area contributed by atoms with Crippen LogP contribution in [0.1, 0.15) is 46.5 Å². The topological polar surface area (TPSA) is 46.2 Å². The number of hydrogen-bond donors (Lipinski definition) is 0. The Morgan fingerprint density at radius 1 is 1.10 bits per heavy atom. The molecule has 1 rings (SSSR count). The Hall–Kier alpha value is 0.0169. The SMILES string of the molecule is CCC(OC(CC)[Si](C)(C)OC)OC1(CC)OCCCO1. The van der Waals surface area contributed by atoms with Crippen LogP contribution < -0.4 is 0 Å². The van der Waals surface area contributed by atoms with Gasteiger partial charge in [0.25, 0.3) is 5.97 Å². The highest BCUT2D eigenvalue weighted by Gasteiger charge is 2.40. The fourth-order valence-corrected chi connectivity index (χ4v) is 4.11. The van der Waals surface area contributed by atoms with E-state index in [1.54, 1.807) is 7.11 Å². The zero-order valence-electron chi connectivity index (χ0n) is 14.4. The first kappa shape index (κ1) is 19.1. The van der Waals surface area contributed by atoms with Crippen LogP contribution in [0.5, 0.6) is 0 Å². The molecule has 1 aliphatic rings. The van der Waals surface area contributed by atoms with Crippen molar-refractivity contribution in [3.8, 4) is 0 Å². The van der Waals surface area contributed by atoms with Crippen LogP contribution in [-0.2, 0) is 23.4 Å². The maximum Gasteiger partial charge on any atom is 0.284 e. The maximum absolute atomic E-state index is 6.19. The molecule has 5 nitrogen and oxygen atoms in total. The average Bonchev–Trinajstić information content (AvgIpc) is 2.52. The first-order valence-corrected chi connectivity index (χ1v) is 11.1. The summed E-state index contributed by atoms with van der Waals surface area (Å²) in [5.74, 6) is -0.948. The molecule has 0 aliphatic carbocycles. The highest BCUT2D eigenvalue weighted by atomic mass is 28.4. The van der Waals surface area contributed by atoms with Gasteiger partial charge in [-0.15, -0.1) is 0 Å². The van der Waals surface area contributed by atoms with E-state index in [0.717, 1.165) is 19.3 Å². The molecule has 0 aromatic heterocycles. The fraction of sp³-hybridized carbons (Fsp3) is 1.00. The van der Waals surface area contributed by atoms with Gasteiger partial charge in [-0.2, -0.15) is 0 Å². The number of hydrogen-bond acceptors (Lipinski definition) is 5. The van der Waals surface area contributed by atoms with Crippen LogP contribution in [0, 0.1) is 0 Å². The molecule has 1 saturated heterocycles. The Bertz CT molecular complexity index is 292. The Balaban J connectivity index is 2.68. The van der Waals surface area contributed by atoms with E-state index in [0.29, 0.717) is 19.6 Å². The third-order valence-corrected chi connectivity index (χ3v) is 7.15. The van der Waals surface area contributed by atoms with Crippen LogP contribution in [0.2, 0.25) is 13.1 Å². The van der Waals surface area contributed by atoms with E-state index in [1.165, 1.54) is 0 Å². The van der Waals surface area contributed by atoms with Gasteiger partial charge < -0.3 is 18.6 Å². The zero-order valence-corrected chi connectivity index (χ0v) is 15.4. The second kappa shape index (κ2) is 8.60. The van der Waals surface area contributed by atoms with Crippen molar-refractivity contribution in [2.75, 3.05) is 20.3 Å². The van der Waals surface area contributed by atoms with Crippen molar-refractivity contribution in [3.05, 3.63) is 0 Å². The third kappa shape index (κ3) is 5.30. The predicted octanol–water partition coefficient (Wildman–Crippen LogP) is 3.43. The summed E-state index contributed by atoms with van der Waals surface area (Å²) in [7, 11) is -0.105. The lowest BCUT2D eigenvalue weighted by Gasteiger charge is -2.40. The Morgan fingerprint density at radius 3 is 2.14 bits per heavy atom. The molecule has 0 N–H and O–H groups in total. The first-order chi connectivity index (χ1) is 9.93. The van der Waals surface area contributed by atoms with Crippen LogP contribution in [0.15, 0.2) is 0 Å². The molecule has 0 spiro atoms. The van der Waals surface area contributed by atoms with E-state index in [2.05, 4.69) is 20.0 Å². The molecule has 2 atom stereocenters. The van der Waals surface area contributed by atoms with Gasteiger partial charge in [0.1, 0.15) is 0 Å². The van der Waals surface area contributed by atoms with Gasteiger partial charge in [-0.05, 0) is 32.4 Å². The second-order valence-electron chi connectivity index (χ2n) is 5.88. The van der Waals surface area contributed by atoms with Crippen molar-refractivity contribution in [1.29, 1.82) is 0 Å². The minimum absolute atomic E-state index is 0.0879. The smallest absolute Gasteiger partial charge is 0.284 e. The summed E-state index contributed by atoms with van der Waals surface area (Å²) in [5, 5.41) is 0. The van der Waals surface area contributed by atoms with Gasteiger partial charge in [0.05, 0.1) is 18.9 Å². The summed E-state index contributed by atoms with van der Waals surface area (Å²) in [6.07, 6.45) is 2.88. The number of ether oxygens (including phenoxy) is 4. The molecule has 0 aromatic rings. The molecular weight excluding hydrogens is 288 g/mol. The van der Waals surface area contributed by atoms with Crippen LogP contribution in [-0.4, -0.2) is 46.6 Å². The fourth-order valence-electron chi connectivity index (χ4n) is 2.39. The van der Waals surface area contributed by atoms with Gasteiger partial charge in [-0.25, -0.2) is 0 Å². The lowest BCUT2D eigenvalue weighted by molar-refractivity contribution is -0.436. The minimum atomic E-state index is -1.87.